The molecule has 0 N–H and O–H groups in total. The Bertz CT molecular complexity index is 773. The second-order valence-corrected chi connectivity index (χ2v) is 6.22. The second kappa shape index (κ2) is 8.58. The number of methoxy groups -OCH3 is 1. The first-order valence-corrected chi connectivity index (χ1v) is 8.62. The molecule has 0 aliphatic carbocycles. The predicted molar refractivity (Wildman–Crippen MR) is 99.4 cm³/mol. The van der Waals surface area contributed by atoms with Gasteiger partial charge in [0.25, 0.3) is 0 Å². The molecule has 3 aromatic rings. The van der Waals surface area contributed by atoms with Crippen LogP contribution in [0.1, 0.15) is 12.0 Å². The summed E-state index contributed by atoms with van der Waals surface area (Å²) in [7, 11) is 1.67. The molecule has 0 spiro atoms. The first kappa shape index (κ1) is 17.4. The largest absolute Gasteiger partial charge is 0.497 e. The summed E-state index contributed by atoms with van der Waals surface area (Å²) in [5, 5.41) is 0.627. The van der Waals surface area contributed by atoms with E-state index in [1.807, 2.05) is 47.2 Å². The number of hydrogen-bond acceptors (Lipinski definition) is 3. The fraction of sp³-hybridized carbons (Fsp3) is 0.250. The number of nitrogens with zero attached hydrogens (tertiary/aromatic N) is 2. The van der Waals surface area contributed by atoms with Crippen LogP contribution in [0, 0.1) is 0 Å². The van der Waals surface area contributed by atoms with Gasteiger partial charge < -0.3 is 14.0 Å². The Labute approximate surface area is 153 Å². The van der Waals surface area contributed by atoms with Crippen molar-refractivity contribution in [3.8, 4) is 11.5 Å². The number of halogens is 1. The Balaban J connectivity index is 1.68. The lowest BCUT2D eigenvalue weighted by molar-refractivity contribution is 0.170. The van der Waals surface area contributed by atoms with Crippen LogP contribution in [0.25, 0.3) is 0 Å². The molecule has 0 fully saturated rings. The summed E-state index contributed by atoms with van der Waals surface area (Å²) in [6.45, 7) is 0.724. The van der Waals surface area contributed by atoms with E-state index in [1.165, 1.54) is 5.56 Å². The molecule has 1 heterocycles. The highest BCUT2D eigenvalue weighted by molar-refractivity contribution is 6.32. The zero-order valence-electron chi connectivity index (χ0n) is 14.1. The molecule has 1 unspecified atom stereocenters. The van der Waals surface area contributed by atoms with E-state index in [0.29, 0.717) is 10.8 Å². The second-order valence-electron chi connectivity index (χ2n) is 5.82. The molecule has 1 atom stereocenters. The highest BCUT2D eigenvalue weighted by Crippen LogP contribution is 2.26. The van der Waals surface area contributed by atoms with E-state index in [1.54, 1.807) is 19.6 Å². The van der Waals surface area contributed by atoms with Crippen molar-refractivity contribution in [2.45, 2.75) is 25.5 Å². The molecule has 25 heavy (non-hydrogen) atoms. The van der Waals surface area contributed by atoms with Gasteiger partial charge in [-0.15, -0.1) is 0 Å². The Morgan fingerprint density at radius 2 is 1.92 bits per heavy atom. The summed E-state index contributed by atoms with van der Waals surface area (Å²) in [5.41, 5.74) is 1.25. The highest BCUT2D eigenvalue weighted by Gasteiger charge is 2.14. The van der Waals surface area contributed by atoms with E-state index in [-0.39, 0.29) is 6.10 Å². The fourth-order valence-corrected chi connectivity index (χ4v) is 2.84. The zero-order valence-corrected chi connectivity index (χ0v) is 14.9. The number of rotatable bonds is 8. The summed E-state index contributed by atoms with van der Waals surface area (Å²) >= 11 is 6.24. The first-order valence-electron chi connectivity index (χ1n) is 8.24. The van der Waals surface area contributed by atoms with Crippen LogP contribution in [-0.4, -0.2) is 22.8 Å². The molecule has 1 aromatic heterocycles. The summed E-state index contributed by atoms with van der Waals surface area (Å²) in [5.74, 6) is 1.58. The number of aryl methyl sites for hydroxylation is 1. The Kier molecular flexibility index (Phi) is 5.96. The van der Waals surface area contributed by atoms with Gasteiger partial charge in [-0.1, -0.05) is 35.9 Å². The lowest BCUT2D eigenvalue weighted by Crippen LogP contribution is -2.23. The van der Waals surface area contributed by atoms with E-state index >= 15 is 0 Å². The molecule has 0 bridgehead atoms. The minimum absolute atomic E-state index is 0.00352. The molecule has 0 aliphatic rings. The average molecular weight is 357 g/mol. The van der Waals surface area contributed by atoms with E-state index in [2.05, 4.69) is 17.1 Å². The summed E-state index contributed by atoms with van der Waals surface area (Å²) in [6, 6.07) is 15.7. The average Bonchev–Trinajstić information content (AvgIpc) is 3.15. The number of ether oxygens (including phenoxy) is 2. The molecule has 3 rings (SSSR count). The molecule has 5 heteroatoms. The molecule has 0 saturated carbocycles. The molecule has 2 aromatic carbocycles. The minimum atomic E-state index is -0.00352. The van der Waals surface area contributed by atoms with Gasteiger partial charge in [0.15, 0.2) is 0 Å². The third kappa shape index (κ3) is 5.00. The van der Waals surface area contributed by atoms with Gasteiger partial charge in [0.1, 0.15) is 17.6 Å². The Hall–Kier alpha value is -2.46. The van der Waals surface area contributed by atoms with Gasteiger partial charge in [-0.3, -0.25) is 0 Å². The van der Waals surface area contributed by atoms with Crippen molar-refractivity contribution in [3.05, 3.63) is 77.8 Å². The summed E-state index contributed by atoms with van der Waals surface area (Å²) < 4.78 is 13.4. The summed E-state index contributed by atoms with van der Waals surface area (Å²) in [6.07, 6.45) is 7.29. The van der Waals surface area contributed by atoms with Gasteiger partial charge in [0, 0.05) is 12.4 Å². The summed E-state index contributed by atoms with van der Waals surface area (Å²) in [4.78, 5) is 4.10. The molecule has 0 aliphatic heterocycles. The highest BCUT2D eigenvalue weighted by atomic mass is 35.5. The normalized spacial score (nSPS) is 11.9. The van der Waals surface area contributed by atoms with Gasteiger partial charge in [-0.25, -0.2) is 4.98 Å². The van der Waals surface area contributed by atoms with E-state index in [9.17, 15) is 0 Å². The zero-order chi connectivity index (χ0) is 17.5. The van der Waals surface area contributed by atoms with Crippen LogP contribution in [-0.2, 0) is 13.0 Å². The van der Waals surface area contributed by atoms with E-state index < -0.39 is 0 Å². The van der Waals surface area contributed by atoms with Gasteiger partial charge in [-0.2, -0.15) is 0 Å². The van der Waals surface area contributed by atoms with Crippen LogP contribution < -0.4 is 9.47 Å². The van der Waals surface area contributed by atoms with Crippen molar-refractivity contribution in [2.75, 3.05) is 7.11 Å². The smallest absolute Gasteiger partial charge is 0.138 e. The standard InChI is InChI=1S/C20H21ClN2O2/c1-24-17-9-6-16(7-10-17)8-11-18(14-23-13-12-22-15-23)25-20-5-3-2-4-19(20)21/h2-7,9-10,12-13,15,18H,8,11,14H2,1H3. The molecule has 0 saturated heterocycles. The van der Waals surface area contributed by atoms with E-state index in [4.69, 9.17) is 21.1 Å². The third-order valence-electron chi connectivity index (χ3n) is 4.02. The first-order chi connectivity index (χ1) is 12.2. The molecule has 130 valence electrons. The monoisotopic (exact) mass is 356 g/mol. The van der Waals surface area contributed by atoms with Gasteiger partial charge in [0.2, 0.25) is 0 Å². The third-order valence-corrected chi connectivity index (χ3v) is 4.33. The van der Waals surface area contributed by atoms with Gasteiger partial charge >= 0.3 is 0 Å². The van der Waals surface area contributed by atoms with Crippen molar-refractivity contribution in [3.63, 3.8) is 0 Å². The molecular formula is C20H21ClN2O2. The van der Waals surface area contributed by atoms with Gasteiger partial charge in [-0.05, 0) is 42.7 Å². The lowest BCUT2D eigenvalue weighted by atomic mass is 10.1. The maximum Gasteiger partial charge on any atom is 0.138 e. The number of benzene rings is 2. The fourth-order valence-electron chi connectivity index (χ4n) is 2.66. The number of para-hydroxylation sites is 1. The number of imidazole rings is 1. The quantitative estimate of drug-likeness (QED) is 0.590. The maximum absolute atomic E-state index is 6.24. The van der Waals surface area contributed by atoms with Crippen molar-refractivity contribution in [1.82, 2.24) is 9.55 Å². The SMILES string of the molecule is COc1ccc(CCC(Cn2ccnc2)Oc2ccccc2Cl)cc1. The molecule has 0 amide bonds. The van der Waals surface area contributed by atoms with Crippen LogP contribution in [0.2, 0.25) is 5.02 Å². The van der Waals surface area contributed by atoms with Crippen molar-refractivity contribution >= 4 is 11.6 Å². The predicted octanol–water partition coefficient (Wildman–Crippen LogP) is 4.63. The van der Waals surface area contributed by atoms with Crippen LogP contribution in [0.4, 0.5) is 0 Å². The number of hydrogen-bond donors (Lipinski definition) is 0. The van der Waals surface area contributed by atoms with Crippen molar-refractivity contribution in [1.29, 1.82) is 0 Å². The maximum atomic E-state index is 6.24. The van der Waals surface area contributed by atoms with Gasteiger partial charge in [0.05, 0.1) is 25.0 Å². The van der Waals surface area contributed by atoms with Crippen LogP contribution in [0.15, 0.2) is 67.3 Å². The van der Waals surface area contributed by atoms with Crippen molar-refractivity contribution < 1.29 is 9.47 Å². The van der Waals surface area contributed by atoms with E-state index in [0.717, 1.165) is 25.1 Å². The molecule has 4 nitrogen and oxygen atoms in total. The Morgan fingerprint density at radius 3 is 2.60 bits per heavy atom. The van der Waals surface area contributed by atoms with Crippen LogP contribution >= 0.6 is 11.6 Å². The topological polar surface area (TPSA) is 36.3 Å². The molecule has 0 radical (unpaired) electrons. The van der Waals surface area contributed by atoms with Crippen LogP contribution in [0.5, 0.6) is 11.5 Å². The minimum Gasteiger partial charge on any atom is -0.497 e. The molecular weight excluding hydrogens is 336 g/mol. The van der Waals surface area contributed by atoms with Crippen LogP contribution in [0.3, 0.4) is 0 Å². The number of aromatic nitrogens is 2. The lowest BCUT2D eigenvalue weighted by Gasteiger charge is -2.20. The Morgan fingerprint density at radius 1 is 1.12 bits per heavy atom. The van der Waals surface area contributed by atoms with Crippen molar-refractivity contribution in [2.24, 2.45) is 0 Å².